The first-order chi connectivity index (χ1) is 7.52. The molecule has 1 aliphatic carbocycles. The molecular weight excluding hydrogens is 196 g/mol. The summed E-state index contributed by atoms with van der Waals surface area (Å²) in [7, 11) is 1.77. The minimum absolute atomic E-state index is 0.417. The molecule has 0 aliphatic heterocycles. The number of fused-ring (bicyclic) bond motifs is 1. The summed E-state index contributed by atoms with van der Waals surface area (Å²) in [5, 5.41) is 0. The summed E-state index contributed by atoms with van der Waals surface area (Å²) < 4.78 is 5.43. The van der Waals surface area contributed by atoms with Crippen molar-refractivity contribution in [2.45, 2.75) is 40.0 Å². The zero-order valence-electron chi connectivity index (χ0n) is 10.8. The molecule has 0 saturated heterocycles. The molecule has 0 bridgehead atoms. The third-order valence-corrected chi connectivity index (χ3v) is 3.88. The summed E-state index contributed by atoms with van der Waals surface area (Å²) >= 11 is 0. The monoisotopic (exact) mass is 218 g/mol. The molecule has 1 heteroatoms. The lowest BCUT2D eigenvalue weighted by Crippen LogP contribution is -2.27. The van der Waals surface area contributed by atoms with Crippen molar-refractivity contribution in [1.82, 2.24) is 0 Å². The van der Waals surface area contributed by atoms with Crippen molar-refractivity contribution >= 4 is 0 Å². The zero-order chi connectivity index (χ0) is 11.8. The first-order valence-electron chi connectivity index (χ1n) is 6.17. The van der Waals surface area contributed by atoms with Crippen LogP contribution in [0.15, 0.2) is 18.2 Å². The highest BCUT2D eigenvalue weighted by Crippen LogP contribution is 2.39. The van der Waals surface area contributed by atoms with Gasteiger partial charge in [-0.05, 0) is 47.8 Å². The molecule has 88 valence electrons. The van der Waals surface area contributed by atoms with Crippen molar-refractivity contribution in [2.75, 3.05) is 7.11 Å². The number of hydrogen-bond acceptors (Lipinski definition) is 1. The van der Waals surface area contributed by atoms with E-state index < -0.39 is 0 Å². The van der Waals surface area contributed by atoms with Crippen LogP contribution in [0.1, 0.15) is 38.3 Å². The van der Waals surface area contributed by atoms with Crippen LogP contribution < -0.4 is 4.74 Å². The molecule has 1 nitrogen and oxygen atoms in total. The van der Waals surface area contributed by atoms with Crippen LogP contribution in [0.3, 0.4) is 0 Å². The predicted molar refractivity (Wildman–Crippen MR) is 68.0 cm³/mol. The Kier molecular flexibility index (Phi) is 2.96. The van der Waals surface area contributed by atoms with Gasteiger partial charge in [-0.25, -0.2) is 0 Å². The fraction of sp³-hybridized carbons (Fsp3) is 0.600. The average Bonchev–Trinajstić information content (AvgIpc) is 2.26. The Balaban J connectivity index is 2.28. The Hall–Kier alpha value is -0.980. The van der Waals surface area contributed by atoms with Crippen molar-refractivity contribution < 1.29 is 4.74 Å². The number of methoxy groups -OCH3 is 1. The van der Waals surface area contributed by atoms with Gasteiger partial charge in [0.2, 0.25) is 0 Å². The second-order valence-corrected chi connectivity index (χ2v) is 5.90. The first-order valence-corrected chi connectivity index (χ1v) is 6.17. The quantitative estimate of drug-likeness (QED) is 0.695. The second-order valence-electron chi connectivity index (χ2n) is 5.90. The average molecular weight is 218 g/mol. The summed E-state index contributed by atoms with van der Waals surface area (Å²) in [4.78, 5) is 0. The molecule has 0 heterocycles. The maximum Gasteiger partial charge on any atom is 0.122 e. The van der Waals surface area contributed by atoms with E-state index in [1.165, 1.54) is 30.4 Å². The van der Waals surface area contributed by atoms with Crippen LogP contribution in [0, 0.1) is 11.3 Å². The molecule has 0 fully saturated rings. The molecule has 1 atom stereocenters. The molecule has 1 aromatic rings. The largest absolute Gasteiger partial charge is 0.496 e. The van der Waals surface area contributed by atoms with E-state index in [4.69, 9.17) is 4.74 Å². The summed E-state index contributed by atoms with van der Waals surface area (Å²) in [6.07, 6.45) is 3.66. The van der Waals surface area contributed by atoms with Gasteiger partial charge >= 0.3 is 0 Å². The predicted octanol–water partition coefficient (Wildman–Crippen LogP) is 3.85. The van der Waals surface area contributed by atoms with Gasteiger partial charge in [0.1, 0.15) is 5.75 Å². The van der Waals surface area contributed by atoms with E-state index in [0.29, 0.717) is 5.41 Å². The van der Waals surface area contributed by atoms with Crippen LogP contribution in [0.2, 0.25) is 0 Å². The van der Waals surface area contributed by atoms with Gasteiger partial charge in [0.05, 0.1) is 7.11 Å². The van der Waals surface area contributed by atoms with Crippen molar-refractivity contribution in [3.8, 4) is 5.75 Å². The lowest BCUT2D eigenvalue weighted by molar-refractivity contribution is 0.214. The standard InChI is InChI=1S/C15H22O/c1-15(2,3)12-8-9-13-11(10-12)6-5-7-14(13)16-4/h5-7,12H,8-10H2,1-4H3/t12-/m0/s1. The van der Waals surface area contributed by atoms with Crippen LogP contribution in [-0.4, -0.2) is 7.11 Å². The molecule has 0 N–H and O–H groups in total. The summed E-state index contributed by atoms with van der Waals surface area (Å²) in [6.45, 7) is 7.05. The SMILES string of the molecule is COc1cccc2c1CC[C@H](C(C)(C)C)C2. The molecule has 0 radical (unpaired) electrons. The number of rotatable bonds is 1. The van der Waals surface area contributed by atoms with Gasteiger partial charge < -0.3 is 4.74 Å². The Morgan fingerprint density at radius 2 is 2.00 bits per heavy atom. The maximum absolute atomic E-state index is 5.43. The van der Waals surface area contributed by atoms with E-state index in [9.17, 15) is 0 Å². The highest BCUT2D eigenvalue weighted by Gasteiger charge is 2.29. The summed E-state index contributed by atoms with van der Waals surface area (Å²) in [6, 6.07) is 6.45. The highest BCUT2D eigenvalue weighted by atomic mass is 16.5. The van der Waals surface area contributed by atoms with E-state index in [0.717, 1.165) is 11.7 Å². The number of ether oxygens (including phenoxy) is 1. The van der Waals surface area contributed by atoms with Gasteiger partial charge in [-0.15, -0.1) is 0 Å². The van der Waals surface area contributed by atoms with E-state index in [-0.39, 0.29) is 0 Å². The van der Waals surface area contributed by atoms with Gasteiger partial charge in [0.15, 0.2) is 0 Å². The molecular formula is C15H22O. The third kappa shape index (κ3) is 2.09. The normalized spacial score (nSPS) is 20.4. The van der Waals surface area contributed by atoms with E-state index in [2.05, 4.69) is 39.0 Å². The number of hydrogen-bond donors (Lipinski definition) is 0. The van der Waals surface area contributed by atoms with Crippen LogP contribution in [0.5, 0.6) is 5.75 Å². The molecule has 16 heavy (non-hydrogen) atoms. The maximum atomic E-state index is 5.43. The minimum atomic E-state index is 0.417. The summed E-state index contributed by atoms with van der Waals surface area (Å²) in [5.41, 5.74) is 3.34. The molecule has 1 aliphatic rings. The first kappa shape index (κ1) is 11.5. The Labute approximate surface area is 98.8 Å². The van der Waals surface area contributed by atoms with Gasteiger partial charge in [0.25, 0.3) is 0 Å². The Morgan fingerprint density at radius 1 is 1.25 bits per heavy atom. The van der Waals surface area contributed by atoms with Crippen molar-refractivity contribution in [3.05, 3.63) is 29.3 Å². The van der Waals surface area contributed by atoms with E-state index in [1.54, 1.807) is 7.11 Å². The zero-order valence-corrected chi connectivity index (χ0v) is 10.8. The molecule has 0 saturated carbocycles. The van der Waals surface area contributed by atoms with Crippen molar-refractivity contribution in [1.29, 1.82) is 0 Å². The second kappa shape index (κ2) is 4.12. The number of benzene rings is 1. The van der Waals surface area contributed by atoms with Crippen molar-refractivity contribution in [2.24, 2.45) is 11.3 Å². The third-order valence-electron chi connectivity index (χ3n) is 3.88. The van der Waals surface area contributed by atoms with Gasteiger partial charge in [-0.1, -0.05) is 32.9 Å². The minimum Gasteiger partial charge on any atom is -0.496 e. The van der Waals surface area contributed by atoms with Crippen LogP contribution >= 0.6 is 0 Å². The molecule has 2 rings (SSSR count). The van der Waals surface area contributed by atoms with Gasteiger partial charge in [-0.3, -0.25) is 0 Å². The summed E-state index contributed by atoms with van der Waals surface area (Å²) in [5.74, 6) is 1.87. The lowest BCUT2D eigenvalue weighted by atomic mass is 9.70. The van der Waals surface area contributed by atoms with Crippen molar-refractivity contribution in [3.63, 3.8) is 0 Å². The van der Waals surface area contributed by atoms with Gasteiger partial charge in [-0.2, -0.15) is 0 Å². The molecule has 0 spiro atoms. The fourth-order valence-electron chi connectivity index (χ4n) is 2.70. The van der Waals surface area contributed by atoms with Crippen LogP contribution in [0.25, 0.3) is 0 Å². The molecule has 0 amide bonds. The molecule has 0 unspecified atom stereocenters. The van der Waals surface area contributed by atoms with E-state index in [1.807, 2.05) is 0 Å². The Morgan fingerprint density at radius 3 is 2.62 bits per heavy atom. The highest BCUT2D eigenvalue weighted by molar-refractivity contribution is 5.42. The fourth-order valence-corrected chi connectivity index (χ4v) is 2.70. The van der Waals surface area contributed by atoms with Crippen LogP contribution in [0.4, 0.5) is 0 Å². The molecule has 1 aromatic carbocycles. The Bertz CT molecular complexity index is 374. The topological polar surface area (TPSA) is 9.23 Å². The van der Waals surface area contributed by atoms with E-state index >= 15 is 0 Å². The smallest absolute Gasteiger partial charge is 0.122 e. The lowest BCUT2D eigenvalue weighted by Gasteiger charge is -2.35. The van der Waals surface area contributed by atoms with Gasteiger partial charge in [0, 0.05) is 0 Å². The molecule has 0 aromatic heterocycles. The van der Waals surface area contributed by atoms with Crippen LogP contribution in [-0.2, 0) is 12.8 Å².